The summed E-state index contributed by atoms with van der Waals surface area (Å²) in [5.41, 5.74) is -2.15. The van der Waals surface area contributed by atoms with Crippen LogP contribution in [0.4, 0.5) is 0 Å². The number of esters is 1. The molecule has 4 rings (SSSR count). The van der Waals surface area contributed by atoms with Crippen LogP contribution in [0, 0.1) is 33.5 Å². The smallest absolute Gasteiger partial charge is 0.326 e. The monoisotopic (exact) mass is 602 g/mol. The lowest BCUT2D eigenvalue weighted by Gasteiger charge is -2.46. The topological polar surface area (TPSA) is 87.5 Å². The largest absolute Gasteiger partial charge is 0.461 e. The molecule has 4 saturated carbocycles. The normalized spacial score (nSPS) is 30.0. The Labute approximate surface area is 257 Å². The van der Waals surface area contributed by atoms with Crippen molar-refractivity contribution in [2.45, 2.75) is 168 Å². The maximum absolute atomic E-state index is 14.6. The summed E-state index contributed by atoms with van der Waals surface area (Å²) in [6.45, 7) is 8.27. The van der Waals surface area contributed by atoms with Gasteiger partial charge < -0.3 is 4.74 Å². The number of fused-ring (bicyclic) bond motifs is 2. The maximum Gasteiger partial charge on any atom is 0.326 e. The minimum absolute atomic E-state index is 0.0510. The molecule has 0 N–H and O–H groups in total. The van der Waals surface area contributed by atoms with Crippen LogP contribution in [-0.2, 0) is 19.6 Å². The number of carbonyl (C=O) groups is 1. The number of rotatable bonds is 14. The highest BCUT2D eigenvalue weighted by atomic mass is 32.2. The molecule has 0 spiro atoms. The molecule has 0 aromatic rings. The standard InChI is InChI=1S/C35H58N2O4S/c1-5-6-7-8-9-10-17-23-34(4,26-36)32(38)41-31-25-28-22-24-35(31,33(28,2)3)27-42(39,40)37(29-18-13-11-14-19-29)30-20-15-12-16-21-30/h10,17,28-31H,5-9,11-16,18-25,27H2,1-4H3/b17-10+/t28-,31-,34-,35-/m1/s1. The molecule has 0 aliphatic heterocycles. The highest BCUT2D eigenvalue weighted by Crippen LogP contribution is 2.67. The Morgan fingerprint density at radius 1 is 0.976 bits per heavy atom. The van der Waals surface area contributed by atoms with Gasteiger partial charge in [-0.05, 0) is 82.5 Å². The van der Waals surface area contributed by atoms with Crippen molar-refractivity contribution in [1.82, 2.24) is 4.31 Å². The molecule has 0 radical (unpaired) electrons. The van der Waals surface area contributed by atoms with E-state index in [2.05, 4.69) is 32.9 Å². The van der Waals surface area contributed by atoms with Crippen LogP contribution in [0.25, 0.3) is 0 Å². The van der Waals surface area contributed by atoms with Crippen molar-refractivity contribution in [2.24, 2.45) is 22.2 Å². The van der Waals surface area contributed by atoms with Gasteiger partial charge in [0.15, 0.2) is 5.41 Å². The molecule has 2 bridgehead atoms. The highest BCUT2D eigenvalue weighted by molar-refractivity contribution is 7.89. The Bertz CT molecular complexity index is 1060. The fourth-order valence-electron chi connectivity index (χ4n) is 8.89. The van der Waals surface area contributed by atoms with Crippen molar-refractivity contribution in [3.05, 3.63) is 12.2 Å². The van der Waals surface area contributed by atoms with Gasteiger partial charge in [0.1, 0.15) is 6.10 Å². The van der Waals surface area contributed by atoms with Crippen LogP contribution in [0.5, 0.6) is 0 Å². The SMILES string of the molecule is CCCCCC/C=C/C[C@](C)(C#N)C(=O)O[C@@H]1C[C@H]2CC[C@]1(CS(=O)(=O)N(C1CCCCC1)C1CCCCC1)C2(C)C. The number of sulfonamides is 1. The summed E-state index contributed by atoms with van der Waals surface area (Å²) in [7, 11) is -3.59. The summed E-state index contributed by atoms with van der Waals surface area (Å²) in [4.78, 5) is 13.6. The number of hydrogen-bond acceptors (Lipinski definition) is 5. The average Bonchev–Trinajstić information content (AvgIpc) is 3.32. The number of hydrogen-bond donors (Lipinski definition) is 0. The molecule has 4 aliphatic rings. The fourth-order valence-corrected chi connectivity index (χ4v) is 11.7. The van der Waals surface area contributed by atoms with E-state index in [9.17, 15) is 18.5 Å². The minimum Gasteiger partial charge on any atom is -0.461 e. The molecule has 0 amide bonds. The second-order valence-electron chi connectivity index (χ2n) is 14.9. The molecule has 0 saturated heterocycles. The van der Waals surface area contributed by atoms with E-state index < -0.39 is 32.9 Å². The molecular weight excluding hydrogens is 544 g/mol. The van der Waals surface area contributed by atoms with Crippen molar-refractivity contribution in [3.63, 3.8) is 0 Å². The first-order valence-electron chi connectivity index (χ1n) is 17.3. The Morgan fingerprint density at radius 2 is 1.60 bits per heavy atom. The maximum atomic E-state index is 14.6. The van der Waals surface area contributed by atoms with Gasteiger partial charge in [0.2, 0.25) is 10.0 Å². The van der Waals surface area contributed by atoms with Crippen LogP contribution in [0.3, 0.4) is 0 Å². The average molecular weight is 603 g/mol. The van der Waals surface area contributed by atoms with Crippen LogP contribution in [0.2, 0.25) is 0 Å². The van der Waals surface area contributed by atoms with Gasteiger partial charge in [-0.15, -0.1) is 0 Å². The number of allylic oxidation sites excluding steroid dienone is 2. The van der Waals surface area contributed by atoms with Crippen molar-refractivity contribution < 1.29 is 17.9 Å². The van der Waals surface area contributed by atoms with E-state index in [0.29, 0.717) is 18.8 Å². The van der Waals surface area contributed by atoms with Gasteiger partial charge in [-0.25, -0.2) is 8.42 Å². The van der Waals surface area contributed by atoms with Gasteiger partial charge >= 0.3 is 5.97 Å². The summed E-state index contributed by atoms with van der Waals surface area (Å²) < 4.78 is 37.5. The molecule has 0 unspecified atom stereocenters. The molecule has 42 heavy (non-hydrogen) atoms. The molecule has 238 valence electrons. The van der Waals surface area contributed by atoms with Gasteiger partial charge in [0, 0.05) is 17.5 Å². The van der Waals surface area contributed by atoms with Gasteiger partial charge in [-0.1, -0.05) is 90.7 Å². The molecule has 0 heterocycles. The van der Waals surface area contributed by atoms with E-state index in [0.717, 1.165) is 77.0 Å². The molecule has 0 aromatic carbocycles. The van der Waals surface area contributed by atoms with Crippen LogP contribution >= 0.6 is 0 Å². The third-order valence-corrected chi connectivity index (χ3v) is 14.0. The molecule has 4 atom stereocenters. The second kappa shape index (κ2) is 14.1. The van der Waals surface area contributed by atoms with Gasteiger partial charge in [0.05, 0.1) is 11.8 Å². The lowest BCUT2D eigenvalue weighted by Crippen LogP contribution is -2.55. The fraction of sp³-hybridized carbons (Fsp3) is 0.886. The Morgan fingerprint density at radius 3 is 2.14 bits per heavy atom. The highest BCUT2D eigenvalue weighted by Gasteiger charge is 2.67. The lowest BCUT2D eigenvalue weighted by molar-refractivity contribution is -0.164. The van der Waals surface area contributed by atoms with E-state index >= 15 is 0 Å². The zero-order valence-corrected chi connectivity index (χ0v) is 27.9. The summed E-state index contributed by atoms with van der Waals surface area (Å²) in [5.74, 6) is -0.128. The molecule has 4 aliphatic carbocycles. The van der Waals surface area contributed by atoms with Crippen molar-refractivity contribution in [2.75, 3.05) is 5.75 Å². The predicted octanol–water partition coefficient (Wildman–Crippen LogP) is 8.47. The van der Waals surface area contributed by atoms with Crippen LogP contribution < -0.4 is 0 Å². The summed E-state index contributed by atoms with van der Waals surface area (Å²) in [6.07, 6.45) is 22.6. The Hall–Kier alpha value is -1.39. The summed E-state index contributed by atoms with van der Waals surface area (Å²) >= 11 is 0. The third kappa shape index (κ3) is 6.96. The zero-order valence-electron chi connectivity index (χ0n) is 27.0. The molecule has 0 aromatic heterocycles. The summed E-state index contributed by atoms with van der Waals surface area (Å²) in [6, 6.07) is 2.44. The first-order chi connectivity index (χ1) is 20.0. The van der Waals surface area contributed by atoms with Crippen molar-refractivity contribution in [3.8, 4) is 6.07 Å². The number of carbonyl (C=O) groups excluding carboxylic acids is 1. The lowest BCUT2D eigenvalue weighted by atomic mass is 9.69. The molecule has 7 heteroatoms. The second-order valence-corrected chi connectivity index (χ2v) is 16.8. The summed E-state index contributed by atoms with van der Waals surface area (Å²) in [5, 5.41) is 10.1. The molecular formula is C35H58N2O4S. The van der Waals surface area contributed by atoms with E-state index in [1.807, 2.05) is 10.4 Å². The predicted molar refractivity (Wildman–Crippen MR) is 169 cm³/mol. The van der Waals surface area contributed by atoms with Crippen molar-refractivity contribution >= 4 is 16.0 Å². The minimum atomic E-state index is -3.59. The Balaban J connectivity index is 1.53. The van der Waals surface area contributed by atoms with E-state index in [1.54, 1.807) is 6.92 Å². The molecule has 6 nitrogen and oxygen atoms in total. The van der Waals surface area contributed by atoms with Crippen molar-refractivity contribution in [1.29, 1.82) is 5.26 Å². The molecule has 4 fully saturated rings. The first kappa shape index (κ1) is 33.5. The van der Waals surface area contributed by atoms with Gasteiger partial charge in [0.25, 0.3) is 0 Å². The third-order valence-electron chi connectivity index (χ3n) is 11.9. The first-order valence-corrected chi connectivity index (χ1v) is 18.9. The van der Waals surface area contributed by atoms with E-state index in [1.165, 1.54) is 32.1 Å². The zero-order chi connectivity index (χ0) is 30.4. The number of nitriles is 1. The quantitative estimate of drug-likeness (QED) is 0.113. The van der Waals surface area contributed by atoms with E-state index in [-0.39, 0.29) is 23.3 Å². The van der Waals surface area contributed by atoms with Crippen LogP contribution in [0.1, 0.15) is 150 Å². The van der Waals surface area contributed by atoms with Gasteiger partial charge in [-0.3, -0.25) is 4.79 Å². The number of unbranched alkanes of at least 4 members (excludes halogenated alkanes) is 4. The van der Waals surface area contributed by atoms with Crippen LogP contribution in [0.15, 0.2) is 12.2 Å². The number of nitrogens with zero attached hydrogens (tertiary/aromatic N) is 2. The van der Waals surface area contributed by atoms with E-state index in [4.69, 9.17) is 4.74 Å². The van der Waals surface area contributed by atoms with Gasteiger partial charge in [-0.2, -0.15) is 9.57 Å². The Kier molecular flexibility index (Phi) is 11.3. The number of ether oxygens (including phenoxy) is 1. The van der Waals surface area contributed by atoms with Crippen LogP contribution in [-0.4, -0.2) is 42.6 Å².